The summed E-state index contributed by atoms with van der Waals surface area (Å²) in [4.78, 5) is 24.0. The van der Waals surface area contributed by atoms with Crippen molar-refractivity contribution in [1.29, 1.82) is 0 Å². The smallest absolute Gasteiger partial charge is 0.309 e. The summed E-state index contributed by atoms with van der Waals surface area (Å²) in [6.07, 6.45) is -3.06. The lowest BCUT2D eigenvalue weighted by molar-refractivity contribution is -0.173. The normalized spacial score (nSPS) is 31.3. The van der Waals surface area contributed by atoms with Crippen LogP contribution in [0.5, 0.6) is 0 Å². The van der Waals surface area contributed by atoms with E-state index in [1.165, 1.54) is 6.92 Å². The average Bonchev–Trinajstić information content (AvgIpc) is 2.37. The van der Waals surface area contributed by atoms with E-state index in [2.05, 4.69) is 0 Å². The molecular weight excluding hydrogens is 292 g/mol. The number of cyclic esters (lactones) is 1. The van der Waals surface area contributed by atoms with Crippen LogP contribution >= 0.6 is 0 Å². The zero-order chi connectivity index (χ0) is 16.9. The van der Waals surface area contributed by atoms with Crippen LogP contribution in [0.3, 0.4) is 0 Å². The Balaban J connectivity index is 2.69. The third kappa shape index (κ3) is 6.29. The predicted octanol–water partition coefficient (Wildman–Crippen LogP) is 0.408. The van der Waals surface area contributed by atoms with Gasteiger partial charge < -0.3 is 24.4 Å². The number of ether oxygens (including phenoxy) is 3. The van der Waals surface area contributed by atoms with Gasteiger partial charge in [0.15, 0.2) is 0 Å². The van der Waals surface area contributed by atoms with Crippen molar-refractivity contribution >= 4 is 11.9 Å². The Hall–Kier alpha value is -1.18. The van der Waals surface area contributed by atoms with Crippen LogP contribution in [0.4, 0.5) is 0 Å². The van der Waals surface area contributed by atoms with Gasteiger partial charge >= 0.3 is 11.9 Å². The van der Waals surface area contributed by atoms with E-state index in [1.807, 2.05) is 0 Å². The van der Waals surface area contributed by atoms with E-state index >= 15 is 0 Å². The maximum atomic E-state index is 12.1. The fraction of sp³-hybridized carbons (Fsp3) is 0.867. The number of rotatable bonds is 2. The summed E-state index contributed by atoms with van der Waals surface area (Å²) >= 11 is 0. The van der Waals surface area contributed by atoms with E-state index in [0.29, 0.717) is 0 Å². The lowest BCUT2D eigenvalue weighted by Gasteiger charge is -2.28. The first-order valence-corrected chi connectivity index (χ1v) is 7.46. The molecule has 22 heavy (non-hydrogen) atoms. The first kappa shape index (κ1) is 18.9. The molecule has 0 saturated carbocycles. The maximum absolute atomic E-state index is 12.1. The maximum Gasteiger partial charge on any atom is 0.309 e. The molecule has 128 valence electrons. The lowest BCUT2D eigenvalue weighted by Crippen LogP contribution is -2.43. The largest absolute Gasteiger partial charge is 0.460 e. The van der Waals surface area contributed by atoms with Gasteiger partial charge in [0.25, 0.3) is 0 Å². The number of hydrogen-bond donors (Lipinski definition) is 2. The highest BCUT2D eigenvalue weighted by Gasteiger charge is 2.32. The van der Waals surface area contributed by atoms with Crippen molar-refractivity contribution in [2.24, 2.45) is 5.92 Å². The summed E-state index contributed by atoms with van der Waals surface area (Å²) in [7, 11) is 0. The minimum Gasteiger partial charge on any atom is -0.460 e. The monoisotopic (exact) mass is 318 g/mol. The molecule has 2 N–H and O–H groups in total. The highest BCUT2D eigenvalue weighted by molar-refractivity contribution is 5.80. The molecule has 1 heterocycles. The molecule has 0 spiro atoms. The Morgan fingerprint density at radius 3 is 2.59 bits per heavy atom. The van der Waals surface area contributed by atoms with Gasteiger partial charge in [0.05, 0.1) is 18.9 Å². The molecule has 1 aliphatic rings. The van der Waals surface area contributed by atoms with Crippen LogP contribution in [0.25, 0.3) is 0 Å². The van der Waals surface area contributed by atoms with Gasteiger partial charge in [0.1, 0.15) is 23.9 Å². The number of hydrogen-bond acceptors (Lipinski definition) is 7. The van der Waals surface area contributed by atoms with Crippen molar-refractivity contribution in [1.82, 2.24) is 0 Å². The standard InChI is InChI=1S/C15H26O7/c1-9-13(18)11(16)8-20-6-5-10(14(19)21-9)7-12(17)22-15(2,3)4/h9-11,13,16,18H,5-8H2,1-4H3/t9-,10+,11-,13-/m0/s1. The molecule has 1 fully saturated rings. The van der Waals surface area contributed by atoms with Crippen LogP contribution < -0.4 is 0 Å². The Labute approximate surface area is 130 Å². The van der Waals surface area contributed by atoms with Crippen molar-refractivity contribution in [2.45, 2.75) is 64.4 Å². The number of aliphatic hydroxyl groups is 2. The van der Waals surface area contributed by atoms with E-state index < -0.39 is 41.8 Å². The van der Waals surface area contributed by atoms with E-state index in [9.17, 15) is 19.8 Å². The van der Waals surface area contributed by atoms with Crippen molar-refractivity contribution < 1.29 is 34.0 Å². The summed E-state index contributed by atoms with van der Waals surface area (Å²) in [5.74, 6) is -1.78. The molecule has 0 amide bonds. The van der Waals surface area contributed by atoms with E-state index in [-0.39, 0.29) is 26.1 Å². The molecule has 0 aromatic heterocycles. The van der Waals surface area contributed by atoms with Gasteiger partial charge in [-0.3, -0.25) is 9.59 Å². The Bertz CT molecular complexity index is 388. The summed E-state index contributed by atoms with van der Waals surface area (Å²) < 4.78 is 15.6. The summed E-state index contributed by atoms with van der Waals surface area (Å²) in [5, 5.41) is 19.5. The fourth-order valence-corrected chi connectivity index (χ4v) is 2.08. The van der Waals surface area contributed by atoms with Crippen molar-refractivity contribution in [3.8, 4) is 0 Å². The second-order valence-corrected chi connectivity index (χ2v) is 6.55. The van der Waals surface area contributed by atoms with E-state index in [0.717, 1.165) is 0 Å². The van der Waals surface area contributed by atoms with Crippen molar-refractivity contribution in [3.05, 3.63) is 0 Å². The van der Waals surface area contributed by atoms with Gasteiger partial charge in [-0.1, -0.05) is 0 Å². The molecule has 1 aliphatic heterocycles. The summed E-state index contributed by atoms with van der Waals surface area (Å²) in [6.45, 7) is 6.86. The average molecular weight is 318 g/mol. The number of aliphatic hydroxyl groups excluding tert-OH is 2. The highest BCUT2D eigenvalue weighted by atomic mass is 16.6. The van der Waals surface area contributed by atoms with Crippen molar-refractivity contribution in [2.75, 3.05) is 13.2 Å². The minimum atomic E-state index is -1.23. The molecule has 0 aliphatic carbocycles. The first-order valence-electron chi connectivity index (χ1n) is 7.46. The zero-order valence-electron chi connectivity index (χ0n) is 13.6. The van der Waals surface area contributed by atoms with Crippen LogP contribution in [0.1, 0.15) is 40.5 Å². The SMILES string of the molecule is C[C@@H]1OC(=O)[C@@H](CC(=O)OC(C)(C)C)CCOC[C@H](O)[C@H]1O. The lowest BCUT2D eigenvalue weighted by atomic mass is 10.0. The predicted molar refractivity (Wildman–Crippen MR) is 77.0 cm³/mol. The molecule has 0 aromatic carbocycles. The molecule has 1 saturated heterocycles. The van der Waals surface area contributed by atoms with Gasteiger partial charge in [0, 0.05) is 6.61 Å². The Kier molecular flexibility index (Phi) is 6.77. The molecular formula is C15H26O7. The number of carbonyl (C=O) groups is 2. The Morgan fingerprint density at radius 1 is 1.36 bits per heavy atom. The molecule has 0 radical (unpaired) electrons. The van der Waals surface area contributed by atoms with Crippen LogP contribution in [-0.4, -0.2) is 59.3 Å². The van der Waals surface area contributed by atoms with Crippen LogP contribution in [0, 0.1) is 5.92 Å². The van der Waals surface area contributed by atoms with Crippen LogP contribution in [0.2, 0.25) is 0 Å². The number of carbonyl (C=O) groups excluding carboxylic acids is 2. The van der Waals surface area contributed by atoms with Crippen LogP contribution in [0.15, 0.2) is 0 Å². The number of esters is 2. The third-order valence-electron chi connectivity index (χ3n) is 3.24. The molecule has 7 heteroatoms. The molecule has 0 unspecified atom stereocenters. The fourth-order valence-electron chi connectivity index (χ4n) is 2.08. The van der Waals surface area contributed by atoms with Gasteiger partial charge in [-0.05, 0) is 34.1 Å². The van der Waals surface area contributed by atoms with Crippen molar-refractivity contribution in [3.63, 3.8) is 0 Å². The van der Waals surface area contributed by atoms with Crippen LogP contribution in [-0.2, 0) is 23.8 Å². The second kappa shape index (κ2) is 7.89. The highest BCUT2D eigenvalue weighted by Crippen LogP contribution is 2.19. The zero-order valence-corrected chi connectivity index (χ0v) is 13.6. The third-order valence-corrected chi connectivity index (χ3v) is 3.24. The van der Waals surface area contributed by atoms with E-state index in [1.54, 1.807) is 20.8 Å². The molecule has 1 rings (SSSR count). The molecule has 0 bridgehead atoms. The van der Waals surface area contributed by atoms with E-state index in [4.69, 9.17) is 14.2 Å². The quantitative estimate of drug-likeness (QED) is 0.711. The topological polar surface area (TPSA) is 102 Å². The Morgan fingerprint density at radius 2 is 2.00 bits per heavy atom. The summed E-state index contributed by atoms with van der Waals surface area (Å²) in [5.41, 5.74) is -0.624. The second-order valence-electron chi connectivity index (χ2n) is 6.55. The van der Waals surface area contributed by atoms with Gasteiger partial charge in [-0.2, -0.15) is 0 Å². The van der Waals surface area contributed by atoms with Gasteiger partial charge in [0.2, 0.25) is 0 Å². The molecule has 0 aromatic rings. The summed E-state index contributed by atoms with van der Waals surface area (Å²) in [6, 6.07) is 0. The first-order chi connectivity index (χ1) is 10.1. The minimum absolute atomic E-state index is 0.0534. The van der Waals surface area contributed by atoms with Gasteiger partial charge in [-0.15, -0.1) is 0 Å². The molecule has 7 nitrogen and oxygen atoms in total. The van der Waals surface area contributed by atoms with Gasteiger partial charge in [-0.25, -0.2) is 0 Å². The molecule has 4 atom stereocenters.